The molecule has 0 spiro atoms. The number of ketones is 2. The molecule has 0 unspecified atom stereocenters. The van der Waals surface area contributed by atoms with E-state index in [1.807, 2.05) is 0 Å². The first-order chi connectivity index (χ1) is 11.3. The third-order valence-electron chi connectivity index (χ3n) is 3.27. The molecule has 0 bridgehead atoms. The van der Waals surface area contributed by atoms with E-state index in [0.717, 1.165) is 6.26 Å². The van der Waals surface area contributed by atoms with Gasteiger partial charge in [-0.2, -0.15) is 0 Å². The number of carbonyl (C=O) groups is 2. The maximum absolute atomic E-state index is 12.6. The summed E-state index contributed by atoms with van der Waals surface area (Å²) in [5, 5.41) is 3.16. The summed E-state index contributed by atoms with van der Waals surface area (Å²) >= 11 is 5.80. The molecule has 24 heavy (non-hydrogen) atoms. The zero-order valence-electron chi connectivity index (χ0n) is 12.3. The van der Waals surface area contributed by atoms with E-state index in [2.05, 4.69) is 15.3 Å². The van der Waals surface area contributed by atoms with Crippen LogP contribution < -0.4 is 5.32 Å². The molecule has 122 valence electrons. The van der Waals surface area contributed by atoms with Gasteiger partial charge < -0.3 is 5.32 Å². The molecule has 0 radical (unpaired) electrons. The summed E-state index contributed by atoms with van der Waals surface area (Å²) in [5.74, 6) is -1.58. The standard InChI is InChI=1S/C15H10ClN3O4S/c1-24(22,23)15-12(19-9-4-2-8(16)3-5-9)13(20)10-11(14(15)21)18-7-6-17-10/h2-7,19H,1H3. The number of allylic oxidation sites excluding steroid dienone is 2. The van der Waals surface area contributed by atoms with Crippen molar-refractivity contribution in [3.05, 3.63) is 63.7 Å². The van der Waals surface area contributed by atoms with Crippen molar-refractivity contribution in [1.29, 1.82) is 0 Å². The van der Waals surface area contributed by atoms with Crippen molar-refractivity contribution < 1.29 is 18.0 Å². The quantitative estimate of drug-likeness (QED) is 0.887. The van der Waals surface area contributed by atoms with Gasteiger partial charge in [0.1, 0.15) is 22.0 Å². The Hall–Kier alpha value is -2.58. The number of sulfone groups is 1. The molecule has 0 saturated carbocycles. The van der Waals surface area contributed by atoms with Crippen LogP contribution in [0.4, 0.5) is 5.69 Å². The zero-order valence-corrected chi connectivity index (χ0v) is 13.9. The number of anilines is 1. The number of halogens is 1. The molecular formula is C15H10ClN3O4S. The molecule has 7 nitrogen and oxygen atoms in total. The molecule has 0 saturated heterocycles. The molecule has 3 rings (SSSR count). The van der Waals surface area contributed by atoms with Gasteiger partial charge in [0.25, 0.3) is 0 Å². The summed E-state index contributed by atoms with van der Waals surface area (Å²) in [5.41, 5.74) is -0.405. The number of benzene rings is 1. The first kappa shape index (κ1) is 16.3. The lowest BCUT2D eigenvalue weighted by Gasteiger charge is -2.19. The van der Waals surface area contributed by atoms with Crippen molar-refractivity contribution >= 4 is 38.7 Å². The van der Waals surface area contributed by atoms with Gasteiger partial charge >= 0.3 is 0 Å². The molecule has 2 aromatic rings. The third kappa shape index (κ3) is 2.81. The second kappa shape index (κ2) is 5.81. The third-order valence-corrected chi connectivity index (χ3v) is 4.66. The van der Waals surface area contributed by atoms with Crippen LogP contribution in [0.15, 0.2) is 47.3 Å². The number of hydrogen-bond donors (Lipinski definition) is 1. The Bertz CT molecular complexity index is 998. The normalized spacial score (nSPS) is 14.6. The Kier molecular flexibility index (Phi) is 3.94. The highest BCUT2D eigenvalue weighted by Crippen LogP contribution is 2.28. The Balaban J connectivity index is 2.19. The van der Waals surface area contributed by atoms with Crippen LogP contribution in [0.5, 0.6) is 0 Å². The molecule has 1 heterocycles. The summed E-state index contributed by atoms with van der Waals surface area (Å²) in [6.45, 7) is 0. The molecule has 1 aromatic heterocycles. The second-order valence-corrected chi connectivity index (χ2v) is 7.41. The number of carbonyl (C=O) groups excluding carboxylic acids is 2. The van der Waals surface area contributed by atoms with E-state index in [9.17, 15) is 18.0 Å². The van der Waals surface area contributed by atoms with E-state index in [1.165, 1.54) is 12.4 Å². The molecule has 0 atom stereocenters. The number of nitrogens with one attached hydrogen (secondary N) is 1. The fraction of sp³-hybridized carbons (Fsp3) is 0.0667. The van der Waals surface area contributed by atoms with Crippen molar-refractivity contribution in [2.24, 2.45) is 0 Å². The topological polar surface area (TPSA) is 106 Å². The first-order valence-electron chi connectivity index (χ1n) is 6.66. The molecule has 1 aromatic carbocycles. The Morgan fingerprint density at radius 1 is 0.958 bits per heavy atom. The smallest absolute Gasteiger partial charge is 0.231 e. The largest absolute Gasteiger partial charge is 0.351 e. The summed E-state index contributed by atoms with van der Waals surface area (Å²) < 4.78 is 24.1. The highest BCUT2D eigenvalue weighted by molar-refractivity contribution is 7.95. The van der Waals surface area contributed by atoms with E-state index < -0.39 is 26.3 Å². The van der Waals surface area contributed by atoms with Crippen LogP contribution in [0.1, 0.15) is 21.0 Å². The monoisotopic (exact) mass is 363 g/mol. The number of hydrogen-bond acceptors (Lipinski definition) is 7. The number of fused-ring (bicyclic) bond motifs is 1. The predicted molar refractivity (Wildman–Crippen MR) is 87.6 cm³/mol. The summed E-state index contributed by atoms with van der Waals surface area (Å²) in [7, 11) is -3.98. The lowest BCUT2D eigenvalue weighted by Crippen LogP contribution is -2.31. The molecule has 9 heteroatoms. The average Bonchev–Trinajstić information content (AvgIpc) is 2.53. The predicted octanol–water partition coefficient (Wildman–Crippen LogP) is 1.88. The Morgan fingerprint density at radius 2 is 1.50 bits per heavy atom. The van der Waals surface area contributed by atoms with E-state index in [1.54, 1.807) is 24.3 Å². The van der Waals surface area contributed by atoms with Crippen LogP contribution in [0.2, 0.25) is 5.02 Å². The average molecular weight is 364 g/mol. The van der Waals surface area contributed by atoms with Crippen molar-refractivity contribution in [3.63, 3.8) is 0 Å². The van der Waals surface area contributed by atoms with Gasteiger partial charge in [0, 0.05) is 29.4 Å². The second-order valence-electron chi connectivity index (χ2n) is 5.02. The minimum Gasteiger partial charge on any atom is -0.351 e. The first-order valence-corrected chi connectivity index (χ1v) is 8.93. The van der Waals surface area contributed by atoms with Crippen molar-refractivity contribution in [2.45, 2.75) is 0 Å². The van der Waals surface area contributed by atoms with Gasteiger partial charge in [-0.1, -0.05) is 11.6 Å². The summed E-state index contributed by atoms with van der Waals surface area (Å²) in [6.07, 6.45) is 3.34. The Labute approximate surface area is 142 Å². The van der Waals surface area contributed by atoms with Gasteiger partial charge in [-0.15, -0.1) is 0 Å². The van der Waals surface area contributed by atoms with Crippen LogP contribution in [0.25, 0.3) is 0 Å². The lowest BCUT2D eigenvalue weighted by atomic mass is 10.0. The van der Waals surface area contributed by atoms with Gasteiger partial charge in [0.15, 0.2) is 9.84 Å². The van der Waals surface area contributed by atoms with Gasteiger partial charge in [0.05, 0.1) is 0 Å². The van der Waals surface area contributed by atoms with E-state index in [-0.39, 0.29) is 17.1 Å². The molecule has 0 amide bonds. The Morgan fingerprint density at radius 3 is 2.04 bits per heavy atom. The lowest BCUT2D eigenvalue weighted by molar-refractivity contribution is 0.0974. The van der Waals surface area contributed by atoms with Gasteiger partial charge in [-0.05, 0) is 24.3 Å². The fourth-order valence-electron chi connectivity index (χ4n) is 2.26. The molecule has 1 N–H and O–H groups in total. The molecule has 1 aliphatic rings. The number of nitrogens with zero attached hydrogens (tertiary/aromatic N) is 2. The van der Waals surface area contributed by atoms with Gasteiger partial charge in [-0.25, -0.2) is 18.4 Å². The highest BCUT2D eigenvalue weighted by atomic mass is 35.5. The molecule has 0 fully saturated rings. The minimum atomic E-state index is -3.98. The minimum absolute atomic E-state index is 0.189. The van der Waals surface area contributed by atoms with Crippen molar-refractivity contribution in [2.75, 3.05) is 11.6 Å². The maximum Gasteiger partial charge on any atom is 0.231 e. The van der Waals surface area contributed by atoms with Crippen LogP contribution in [-0.4, -0.2) is 36.2 Å². The SMILES string of the molecule is CS(=O)(=O)C1=C(Nc2ccc(Cl)cc2)C(=O)c2nccnc2C1=O. The van der Waals surface area contributed by atoms with Crippen LogP contribution in [-0.2, 0) is 9.84 Å². The molecular weight excluding hydrogens is 354 g/mol. The van der Waals surface area contributed by atoms with Crippen molar-refractivity contribution in [1.82, 2.24) is 9.97 Å². The number of aromatic nitrogens is 2. The molecule has 1 aliphatic carbocycles. The van der Waals surface area contributed by atoms with E-state index in [0.29, 0.717) is 10.7 Å². The van der Waals surface area contributed by atoms with Crippen LogP contribution in [0, 0.1) is 0 Å². The molecule has 0 aliphatic heterocycles. The summed E-state index contributed by atoms with van der Waals surface area (Å²) in [4.78, 5) is 32.1. The van der Waals surface area contributed by atoms with E-state index >= 15 is 0 Å². The summed E-state index contributed by atoms with van der Waals surface area (Å²) in [6, 6.07) is 6.24. The van der Waals surface area contributed by atoms with Crippen molar-refractivity contribution in [3.8, 4) is 0 Å². The number of rotatable bonds is 3. The zero-order chi connectivity index (χ0) is 17.5. The number of Topliss-reactive ketones (excluding diaryl/α,β-unsaturated/α-hetero) is 2. The van der Waals surface area contributed by atoms with Crippen LogP contribution >= 0.6 is 11.6 Å². The fourth-order valence-corrected chi connectivity index (χ4v) is 3.33. The van der Waals surface area contributed by atoms with Gasteiger partial charge in [0.2, 0.25) is 11.6 Å². The maximum atomic E-state index is 12.6. The van der Waals surface area contributed by atoms with Crippen LogP contribution in [0.3, 0.4) is 0 Å². The highest BCUT2D eigenvalue weighted by Gasteiger charge is 2.39. The van der Waals surface area contributed by atoms with E-state index in [4.69, 9.17) is 11.6 Å². The van der Waals surface area contributed by atoms with Gasteiger partial charge in [-0.3, -0.25) is 9.59 Å².